The van der Waals surface area contributed by atoms with Gasteiger partial charge in [0.25, 0.3) is 0 Å². The average Bonchev–Trinajstić information content (AvgIpc) is 2.80. The van der Waals surface area contributed by atoms with E-state index in [0.29, 0.717) is 10.7 Å². The topological polar surface area (TPSA) is 70.6 Å². The number of fused-ring (bicyclic) bond motifs is 2. The van der Waals surface area contributed by atoms with Gasteiger partial charge < -0.3 is 5.32 Å². The molecule has 4 rings (SSSR count). The van der Waals surface area contributed by atoms with Crippen molar-refractivity contribution < 1.29 is 9.59 Å². The van der Waals surface area contributed by atoms with Crippen molar-refractivity contribution in [2.24, 2.45) is 5.10 Å². The van der Waals surface area contributed by atoms with Gasteiger partial charge in [-0.2, -0.15) is 5.10 Å². The van der Waals surface area contributed by atoms with Gasteiger partial charge >= 0.3 is 0 Å². The minimum absolute atomic E-state index is 0.0269. The fraction of sp³-hybridized carbons (Fsp3) is 0.115. The van der Waals surface area contributed by atoms with Gasteiger partial charge in [-0.1, -0.05) is 66.2 Å². The summed E-state index contributed by atoms with van der Waals surface area (Å²) in [6.45, 7) is 1.83. The molecule has 32 heavy (non-hydrogen) atoms. The van der Waals surface area contributed by atoms with Crippen LogP contribution in [0.1, 0.15) is 24.0 Å². The third kappa shape index (κ3) is 4.79. The Kier molecular flexibility index (Phi) is 6.47. The van der Waals surface area contributed by atoms with Gasteiger partial charge in [-0.25, -0.2) is 5.43 Å². The van der Waals surface area contributed by atoms with E-state index in [0.717, 1.165) is 32.7 Å². The fourth-order valence-electron chi connectivity index (χ4n) is 3.60. The normalized spacial score (nSPS) is 11.2. The van der Waals surface area contributed by atoms with E-state index < -0.39 is 0 Å². The van der Waals surface area contributed by atoms with Crippen LogP contribution >= 0.6 is 11.6 Å². The highest BCUT2D eigenvalue weighted by molar-refractivity contribution is 6.31. The molecule has 5 nitrogen and oxygen atoms in total. The van der Waals surface area contributed by atoms with E-state index in [4.69, 9.17) is 11.6 Å². The Morgan fingerprint density at radius 3 is 2.19 bits per heavy atom. The number of hydrazone groups is 1. The maximum absolute atomic E-state index is 12.2. The number of hydrogen-bond donors (Lipinski definition) is 2. The lowest BCUT2D eigenvalue weighted by Gasteiger charge is -2.09. The van der Waals surface area contributed by atoms with E-state index in [2.05, 4.69) is 34.0 Å². The lowest BCUT2D eigenvalue weighted by Crippen LogP contribution is -2.21. The molecule has 4 aromatic rings. The van der Waals surface area contributed by atoms with E-state index in [-0.39, 0.29) is 24.7 Å². The summed E-state index contributed by atoms with van der Waals surface area (Å²) >= 11 is 6.07. The van der Waals surface area contributed by atoms with Crippen molar-refractivity contribution in [3.05, 3.63) is 88.9 Å². The van der Waals surface area contributed by atoms with Crippen LogP contribution in [0.3, 0.4) is 0 Å². The third-order valence-electron chi connectivity index (χ3n) is 5.32. The molecule has 0 aliphatic rings. The van der Waals surface area contributed by atoms with Gasteiger partial charge in [0.1, 0.15) is 0 Å². The Morgan fingerprint density at radius 2 is 1.50 bits per heavy atom. The summed E-state index contributed by atoms with van der Waals surface area (Å²) in [7, 11) is 0. The first kappa shape index (κ1) is 21.5. The summed E-state index contributed by atoms with van der Waals surface area (Å²) in [6, 6.07) is 23.6. The number of carbonyl (C=O) groups is 2. The summed E-state index contributed by atoms with van der Waals surface area (Å²) < 4.78 is 0. The van der Waals surface area contributed by atoms with Crippen LogP contribution in [0, 0.1) is 6.92 Å². The van der Waals surface area contributed by atoms with E-state index in [1.807, 2.05) is 43.3 Å². The van der Waals surface area contributed by atoms with Crippen LogP contribution < -0.4 is 10.7 Å². The maximum atomic E-state index is 12.2. The largest absolute Gasteiger partial charge is 0.326 e. The van der Waals surface area contributed by atoms with Crippen LogP contribution in [0.2, 0.25) is 5.02 Å². The van der Waals surface area contributed by atoms with Crippen molar-refractivity contribution in [3.63, 3.8) is 0 Å². The Morgan fingerprint density at radius 1 is 0.875 bits per heavy atom. The minimum Gasteiger partial charge on any atom is -0.326 e. The van der Waals surface area contributed by atoms with Crippen molar-refractivity contribution in [1.82, 2.24) is 5.43 Å². The molecule has 0 spiro atoms. The Hall–Kier alpha value is -3.70. The molecule has 0 radical (unpaired) electrons. The zero-order valence-electron chi connectivity index (χ0n) is 17.6. The maximum Gasteiger partial charge on any atom is 0.240 e. The molecule has 0 fully saturated rings. The smallest absolute Gasteiger partial charge is 0.240 e. The first-order valence-corrected chi connectivity index (χ1v) is 10.7. The molecule has 0 bridgehead atoms. The molecule has 0 unspecified atom stereocenters. The third-order valence-corrected chi connectivity index (χ3v) is 5.73. The van der Waals surface area contributed by atoms with Crippen LogP contribution in [0.15, 0.2) is 77.9 Å². The van der Waals surface area contributed by atoms with E-state index in [1.165, 1.54) is 0 Å². The molecule has 6 heteroatoms. The zero-order chi connectivity index (χ0) is 22.5. The SMILES string of the molecule is Cc1c(Cl)cccc1NC(=O)CCC(=O)N/N=C/c1c2ccccc2cc2ccccc12. The molecule has 0 aromatic heterocycles. The molecular weight excluding hydrogens is 422 g/mol. The number of rotatable bonds is 6. The van der Waals surface area contributed by atoms with Crippen molar-refractivity contribution in [1.29, 1.82) is 0 Å². The molecule has 0 saturated heterocycles. The van der Waals surface area contributed by atoms with Crippen LogP contribution in [0.4, 0.5) is 5.69 Å². The molecule has 0 aliphatic heterocycles. The number of halogens is 1. The molecule has 2 N–H and O–H groups in total. The summed E-state index contributed by atoms with van der Waals surface area (Å²) in [5.41, 5.74) is 4.90. The quantitative estimate of drug-likeness (QED) is 0.224. The Labute approximate surface area is 191 Å². The van der Waals surface area contributed by atoms with Crippen LogP contribution in [-0.2, 0) is 9.59 Å². The lowest BCUT2D eigenvalue weighted by molar-refractivity contribution is -0.124. The molecule has 2 amide bonds. The van der Waals surface area contributed by atoms with Gasteiger partial charge in [0, 0.05) is 29.1 Å². The van der Waals surface area contributed by atoms with E-state index in [9.17, 15) is 9.59 Å². The molecule has 160 valence electrons. The molecule has 0 heterocycles. The highest BCUT2D eigenvalue weighted by Crippen LogP contribution is 2.27. The average molecular weight is 444 g/mol. The molecule has 0 aliphatic carbocycles. The van der Waals surface area contributed by atoms with Gasteiger partial charge in [0.05, 0.1) is 6.21 Å². The predicted molar refractivity (Wildman–Crippen MR) is 131 cm³/mol. The molecule has 0 saturated carbocycles. The molecule has 0 atom stereocenters. The number of benzene rings is 4. The van der Waals surface area contributed by atoms with Gasteiger partial charge in [-0.3, -0.25) is 9.59 Å². The predicted octanol–water partition coefficient (Wildman–Crippen LogP) is 5.82. The zero-order valence-corrected chi connectivity index (χ0v) is 18.3. The number of anilines is 1. The van der Waals surface area contributed by atoms with Crippen molar-refractivity contribution in [2.45, 2.75) is 19.8 Å². The highest BCUT2D eigenvalue weighted by atomic mass is 35.5. The second-order valence-electron chi connectivity index (χ2n) is 7.49. The number of nitrogens with one attached hydrogen (secondary N) is 2. The minimum atomic E-state index is -0.330. The van der Waals surface area contributed by atoms with Gasteiger partial charge in [0.15, 0.2) is 0 Å². The first-order valence-electron chi connectivity index (χ1n) is 10.3. The van der Waals surface area contributed by atoms with Gasteiger partial charge in [0.2, 0.25) is 11.8 Å². The number of hydrogen-bond acceptors (Lipinski definition) is 3. The standard InChI is InChI=1S/C26H22ClN3O2/c1-17-23(27)11-6-12-24(17)29-25(31)13-14-26(32)30-28-16-22-20-9-4-2-7-18(20)15-19-8-3-5-10-21(19)22/h2-12,15-16H,13-14H2,1H3,(H,29,31)(H,30,32)/b28-16+. The van der Waals surface area contributed by atoms with Crippen molar-refractivity contribution in [2.75, 3.05) is 5.32 Å². The van der Waals surface area contributed by atoms with Gasteiger partial charge in [-0.15, -0.1) is 0 Å². The Balaban J connectivity index is 1.41. The van der Waals surface area contributed by atoms with Gasteiger partial charge in [-0.05, 0) is 52.2 Å². The number of amides is 2. The Bertz CT molecular complexity index is 1290. The summed E-state index contributed by atoms with van der Waals surface area (Å²) in [5, 5.41) is 11.8. The number of nitrogens with zero attached hydrogens (tertiary/aromatic N) is 1. The van der Waals surface area contributed by atoms with Crippen LogP contribution in [0.25, 0.3) is 21.5 Å². The monoisotopic (exact) mass is 443 g/mol. The van der Waals surface area contributed by atoms with Crippen LogP contribution in [0.5, 0.6) is 0 Å². The fourth-order valence-corrected chi connectivity index (χ4v) is 3.77. The summed E-state index contributed by atoms with van der Waals surface area (Å²) in [5.74, 6) is -0.585. The highest BCUT2D eigenvalue weighted by Gasteiger charge is 2.10. The van der Waals surface area contributed by atoms with Crippen molar-refractivity contribution >= 4 is 56.9 Å². The second kappa shape index (κ2) is 9.62. The second-order valence-corrected chi connectivity index (χ2v) is 7.89. The molecular formula is C26H22ClN3O2. The van der Waals surface area contributed by atoms with E-state index in [1.54, 1.807) is 24.4 Å². The first-order chi connectivity index (χ1) is 15.5. The van der Waals surface area contributed by atoms with E-state index >= 15 is 0 Å². The summed E-state index contributed by atoms with van der Waals surface area (Å²) in [6.07, 6.45) is 1.74. The summed E-state index contributed by atoms with van der Waals surface area (Å²) in [4.78, 5) is 24.4. The van der Waals surface area contributed by atoms with Crippen LogP contribution in [-0.4, -0.2) is 18.0 Å². The lowest BCUT2D eigenvalue weighted by atomic mass is 9.97. The van der Waals surface area contributed by atoms with Crippen molar-refractivity contribution in [3.8, 4) is 0 Å². The number of carbonyl (C=O) groups excluding carboxylic acids is 2. The molecule has 4 aromatic carbocycles.